The average Bonchev–Trinajstić information content (AvgIpc) is 2.29. The highest BCUT2D eigenvalue weighted by atomic mass is 16.6. The van der Waals surface area contributed by atoms with Crippen molar-refractivity contribution in [3.63, 3.8) is 0 Å². The Morgan fingerprint density at radius 1 is 1.50 bits per heavy atom. The lowest BCUT2D eigenvalue weighted by Crippen LogP contribution is -2.25. The number of rotatable bonds is 3. The molecule has 0 bridgehead atoms. The van der Waals surface area contributed by atoms with Crippen LogP contribution in [0.4, 0.5) is 5.69 Å². The Balaban J connectivity index is 2.31. The molecule has 0 spiro atoms. The van der Waals surface area contributed by atoms with Gasteiger partial charge in [-0.05, 0) is 18.9 Å². The van der Waals surface area contributed by atoms with Gasteiger partial charge < -0.3 is 14.8 Å². The van der Waals surface area contributed by atoms with Crippen LogP contribution in [0.5, 0.6) is 5.75 Å². The van der Waals surface area contributed by atoms with Crippen LogP contribution in [0.25, 0.3) is 0 Å². The molecule has 1 heterocycles. The smallest absolute Gasteiger partial charge is 0.125 e. The zero-order valence-electron chi connectivity index (χ0n) is 9.79. The zero-order valence-corrected chi connectivity index (χ0v) is 9.79. The maximum atomic E-state index is 10.2. The molecule has 16 heavy (non-hydrogen) atoms. The number of phenols is 1. The van der Waals surface area contributed by atoms with Gasteiger partial charge in [0, 0.05) is 37.0 Å². The largest absolute Gasteiger partial charge is 0.507 e. The standard InChI is InChI=1S/C12H18N2O2/c1-14-7-3-4-10-11(14)6-5-9(12(10)15)8-13-16-2/h5-6,13,15H,3-4,7-8H2,1-2H3. The van der Waals surface area contributed by atoms with E-state index in [-0.39, 0.29) is 0 Å². The van der Waals surface area contributed by atoms with Crippen molar-refractivity contribution in [2.24, 2.45) is 0 Å². The van der Waals surface area contributed by atoms with Crippen LogP contribution < -0.4 is 10.4 Å². The van der Waals surface area contributed by atoms with E-state index in [4.69, 9.17) is 4.84 Å². The van der Waals surface area contributed by atoms with E-state index in [1.54, 1.807) is 7.11 Å². The molecule has 1 aromatic carbocycles. The van der Waals surface area contributed by atoms with E-state index in [1.165, 1.54) is 0 Å². The zero-order chi connectivity index (χ0) is 11.5. The Labute approximate surface area is 95.8 Å². The SMILES string of the molecule is CONCc1ccc2c(c1O)CCCN2C. The average molecular weight is 222 g/mol. The van der Waals surface area contributed by atoms with Crippen molar-refractivity contribution in [2.75, 3.05) is 25.6 Å². The number of benzene rings is 1. The summed E-state index contributed by atoms with van der Waals surface area (Å²) in [6.07, 6.45) is 2.05. The maximum Gasteiger partial charge on any atom is 0.125 e. The number of hydrogen-bond acceptors (Lipinski definition) is 4. The van der Waals surface area contributed by atoms with E-state index in [1.807, 2.05) is 6.07 Å². The van der Waals surface area contributed by atoms with Gasteiger partial charge in [-0.15, -0.1) is 0 Å². The third-order valence-electron chi connectivity index (χ3n) is 3.08. The van der Waals surface area contributed by atoms with E-state index < -0.39 is 0 Å². The fourth-order valence-corrected chi connectivity index (χ4v) is 2.18. The molecule has 2 rings (SSSR count). The molecule has 1 aliphatic rings. The molecule has 88 valence electrons. The van der Waals surface area contributed by atoms with Gasteiger partial charge in [-0.25, -0.2) is 0 Å². The number of anilines is 1. The summed E-state index contributed by atoms with van der Waals surface area (Å²) in [6.45, 7) is 1.58. The summed E-state index contributed by atoms with van der Waals surface area (Å²) in [6, 6.07) is 4.02. The molecule has 0 amide bonds. The Morgan fingerprint density at radius 2 is 2.31 bits per heavy atom. The summed E-state index contributed by atoms with van der Waals surface area (Å²) in [7, 11) is 3.63. The number of nitrogens with one attached hydrogen (secondary N) is 1. The first-order valence-corrected chi connectivity index (χ1v) is 5.54. The van der Waals surface area contributed by atoms with Crippen molar-refractivity contribution >= 4 is 5.69 Å². The van der Waals surface area contributed by atoms with Crippen LogP contribution in [0.1, 0.15) is 17.5 Å². The van der Waals surface area contributed by atoms with Crippen LogP contribution in [-0.4, -0.2) is 25.8 Å². The van der Waals surface area contributed by atoms with Gasteiger partial charge in [0.15, 0.2) is 0 Å². The summed E-state index contributed by atoms with van der Waals surface area (Å²) < 4.78 is 0. The molecule has 0 aromatic heterocycles. The van der Waals surface area contributed by atoms with Crippen LogP contribution in [0, 0.1) is 0 Å². The Morgan fingerprint density at radius 3 is 3.06 bits per heavy atom. The predicted octanol–water partition coefficient (Wildman–Crippen LogP) is 1.43. The van der Waals surface area contributed by atoms with E-state index >= 15 is 0 Å². The number of phenolic OH excluding ortho intramolecular Hbond substituents is 1. The Bertz CT molecular complexity index is 380. The minimum Gasteiger partial charge on any atom is -0.507 e. The van der Waals surface area contributed by atoms with Gasteiger partial charge >= 0.3 is 0 Å². The van der Waals surface area contributed by atoms with Crippen molar-refractivity contribution in [1.82, 2.24) is 5.48 Å². The summed E-state index contributed by atoms with van der Waals surface area (Å²) >= 11 is 0. The second-order valence-corrected chi connectivity index (χ2v) is 4.12. The molecule has 0 aliphatic carbocycles. The number of aromatic hydroxyl groups is 1. The Hall–Kier alpha value is -1.26. The minimum atomic E-state index is 0.411. The molecule has 1 aromatic rings. The third kappa shape index (κ3) is 1.99. The maximum absolute atomic E-state index is 10.2. The van der Waals surface area contributed by atoms with Gasteiger partial charge in [0.2, 0.25) is 0 Å². The molecule has 2 N–H and O–H groups in total. The quantitative estimate of drug-likeness (QED) is 0.759. The molecular formula is C12H18N2O2. The first-order chi connectivity index (χ1) is 7.74. The number of fused-ring (bicyclic) bond motifs is 1. The second-order valence-electron chi connectivity index (χ2n) is 4.12. The summed E-state index contributed by atoms with van der Waals surface area (Å²) in [5, 5.41) is 10.2. The van der Waals surface area contributed by atoms with Crippen molar-refractivity contribution in [3.8, 4) is 5.75 Å². The summed E-state index contributed by atoms with van der Waals surface area (Å²) in [5.74, 6) is 0.411. The molecule has 0 atom stereocenters. The summed E-state index contributed by atoms with van der Waals surface area (Å²) in [5.41, 5.74) is 5.84. The van der Waals surface area contributed by atoms with E-state index in [2.05, 4.69) is 23.5 Å². The Kier molecular flexibility index (Phi) is 3.31. The number of hydroxylamine groups is 1. The molecule has 0 unspecified atom stereocenters. The van der Waals surface area contributed by atoms with Crippen LogP contribution in [0.15, 0.2) is 12.1 Å². The molecule has 0 radical (unpaired) electrons. The lowest BCUT2D eigenvalue weighted by molar-refractivity contribution is 0.0861. The van der Waals surface area contributed by atoms with Gasteiger partial charge in [0.05, 0.1) is 7.11 Å². The summed E-state index contributed by atoms with van der Waals surface area (Å²) in [4.78, 5) is 6.98. The van der Waals surface area contributed by atoms with Crippen molar-refractivity contribution in [1.29, 1.82) is 0 Å². The van der Waals surface area contributed by atoms with Gasteiger partial charge in [0.1, 0.15) is 5.75 Å². The van der Waals surface area contributed by atoms with Crippen LogP contribution in [0.2, 0.25) is 0 Å². The van der Waals surface area contributed by atoms with Crippen molar-refractivity contribution in [2.45, 2.75) is 19.4 Å². The monoisotopic (exact) mass is 222 g/mol. The van der Waals surface area contributed by atoms with Gasteiger partial charge in [-0.3, -0.25) is 0 Å². The molecule has 4 nitrogen and oxygen atoms in total. The highest BCUT2D eigenvalue weighted by molar-refractivity contribution is 5.62. The molecule has 0 saturated carbocycles. The van der Waals surface area contributed by atoms with E-state index in [9.17, 15) is 5.11 Å². The van der Waals surface area contributed by atoms with Crippen LogP contribution in [0.3, 0.4) is 0 Å². The fraction of sp³-hybridized carbons (Fsp3) is 0.500. The minimum absolute atomic E-state index is 0.411. The lowest BCUT2D eigenvalue weighted by Gasteiger charge is -2.28. The van der Waals surface area contributed by atoms with E-state index in [0.29, 0.717) is 12.3 Å². The van der Waals surface area contributed by atoms with Crippen LogP contribution >= 0.6 is 0 Å². The fourth-order valence-electron chi connectivity index (χ4n) is 2.18. The molecule has 0 fully saturated rings. The first kappa shape index (κ1) is 11.2. The van der Waals surface area contributed by atoms with Crippen molar-refractivity contribution < 1.29 is 9.94 Å². The van der Waals surface area contributed by atoms with Crippen molar-refractivity contribution in [3.05, 3.63) is 23.3 Å². The molecule has 0 saturated heterocycles. The highest BCUT2D eigenvalue weighted by Crippen LogP contribution is 2.35. The topological polar surface area (TPSA) is 44.7 Å². The van der Waals surface area contributed by atoms with Gasteiger partial charge in [-0.1, -0.05) is 6.07 Å². The van der Waals surface area contributed by atoms with Crippen LogP contribution in [-0.2, 0) is 17.8 Å². The first-order valence-electron chi connectivity index (χ1n) is 5.54. The number of hydrogen-bond donors (Lipinski definition) is 2. The molecule has 1 aliphatic heterocycles. The van der Waals surface area contributed by atoms with E-state index in [0.717, 1.165) is 36.2 Å². The van der Waals surface area contributed by atoms with Gasteiger partial charge in [-0.2, -0.15) is 5.48 Å². The third-order valence-corrected chi connectivity index (χ3v) is 3.08. The van der Waals surface area contributed by atoms with Gasteiger partial charge in [0.25, 0.3) is 0 Å². The normalized spacial score (nSPS) is 15.0. The molecule has 4 heteroatoms. The number of nitrogens with zero attached hydrogens (tertiary/aromatic N) is 1. The second kappa shape index (κ2) is 4.72. The lowest BCUT2D eigenvalue weighted by atomic mass is 9.98. The predicted molar refractivity (Wildman–Crippen MR) is 63.5 cm³/mol. The molecular weight excluding hydrogens is 204 g/mol. The highest BCUT2D eigenvalue weighted by Gasteiger charge is 2.18.